The molecule has 0 radical (unpaired) electrons. The second kappa shape index (κ2) is 6.51. The van der Waals surface area contributed by atoms with Crippen molar-refractivity contribution in [3.8, 4) is 5.75 Å². The number of ether oxygens (including phenoxy) is 1. The molecule has 2 atom stereocenters. The van der Waals surface area contributed by atoms with Crippen molar-refractivity contribution in [2.75, 3.05) is 13.2 Å². The first-order valence-electron chi connectivity index (χ1n) is 5.78. The lowest BCUT2D eigenvalue weighted by molar-refractivity contribution is 0.268. The molecule has 0 fully saturated rings. The smallest absolute Gasteiger partial charge is 0.119 e. The van der Waals surface area contributed by atoms with E-state index in [1.807, 2.05) is 38.1 Å². The Hall–Kier alpha value is -1.06. The number of aliphatic hydroxyl groups is 1. The minimum Gasteiger partial charge on any atom is -0.494 e. The molecule has 0 aromatic heterocycles. The highest BCUT2D eigenvalue weighted by molar-refractivity contribution is 5.31. The SMILES string of the molecule is CCOc1cccc(C(CCO)C(C)N)c1. The van der Waals surface area contributed by atoms with Crippen molar-refractivity contribution in [2.45, 2.75) is 32.2 Å². The fraction of sp³-hybridized carbons (Fsp3) is 0.538. The van der Waals surface area contributed by atoms with Crippen LogP contribution in [0.4, 0.5) is 0 Å². The number of hydrogen-bond donors (Lipinski definition) is 2. The van der Waals surface area contributed by atoms with E-state index in [-0.39, 0.29) is 18.6 Å². The van der Waals surface area contributed by atoms with E-state index in [9.17, 15) is 0 Å². The number of nitrogens with two attached hydrogens (primary N) is 1. The third-order valence-electron chi connectivity index (χ3n) is 2.67. The third-order valence-corrected chi connectivity index (χ3v) is 2.67. The first-order chi connectivity index (χ1) is 7.69. The zero-order chi connectivity index (χ0) is 12.0. The minimum absolute atomic E-state index is 0.0315. The first-order valence-corrected chi connectivity index (χ1v) is 5.78. The molecule has 0 bridgehead atoms. The van der Waals surface area contributed by atoms with Crippen molar-refractivity contribution in [1.29, 1.82) is 0 Å². The lowest BCUT2D eigenvalue weighted by atomic mass is 9.90. The van der Waals surface area contributed by atoms with Crippen molar-refractivity contribution in [1.82, 2.24) is 0 Å². The van der Waals surface area contributed by atoms with Crippen LogP contribution in [0.5, 0.6) is 5.75 Å². The van der Waals surface area contributed by atoms with Crippen LogP contribution in [-0.4, -0.2) is 24.4 Å². The van der Waals surface area contributed by atoms with Crippen LogP contribution in [0.25, 0.3) is 0 Å². The zero-order valence-electron chi connectivity index (χ0n) is 10.0. The van der Waals surface area contributed by atoms with Crippen LogP contribution in [-0.2, 0) is 0 Å². The van der Waals surface area contributed by atoms with E-state index >= 15 is 0 Å². The summed E-state index contributed by atoms with van der Waals surface area (Å²) in [5.41, 5.74) is 7.06. The number of aliphatic hydroxyl groups excluding tert-OH is 1. The molecule has 0 aliphatic carbocycles. The molecule has 0 amide bonds. The molecule has 0 aliphatic rings. The van der Waals surface area contributed by atoms with E-state index in [2.05, 4.69) is 0 Å². The minimum atomic E-state index is 0.0315. The van der Waals surface area contributed by atoms with E-state index in [4.69, 9.17) is 15.6 Å². The molecule has 1 aromatic rings. The van der Waals surface area contributed by atoms with Gasteiger partial charge in [-0.1, -0.05) is 12.1 Å². The summed E-state index contributed by atoms with van der Waals surface area (Å²) in [6, 6.07) is 7.97. The lowest BCUT2D eigenvalue weighted by Gasteiger charge is -2.20. The molecule has 0 saturated heterocycles. The van der Waals surface area contributed by atoms with Gasteiger partial charge in [-0.2, -0.15) is 0 Å². The third kappa shape index (κ3) is 3.51. The van der Waals surface area contributed by atoms with Crippen molar-refractivity contribution >= 4 is 0 Å². The molecule has 3 heteroatoms. The number of hydrogen-bond acceptors (Lipinski definition) is 3. The summed E-state index contributed by atoms with van der Waals surface area (Å²) in [7, 11) is 0. The van der Waals surface area contributed by atoms with Crippen LogP contribution >= 0.6 is 0 Å². The highest BCUT2D eigenvalue weighted by Crippen LogP contribution is 2.25. The first kappa shape index (κ1) is 13.0. The molecule has 0 saturated carbocycles. The summed E-state index contributed by atoms with van der Waals surface area (Å²) < 4.78 is 5.45. The molecule has 90 valence electrons. The highest BCUT2D eigenvalue weighted by Gasteiger charge is 2.15. The van der Waals surface area contributed by atoms with Crippen molar-refractivity contribution in [3.05, 3.63) is 29.8 Å². The van der Waals surface area contributed by atoms with Gasteiger partial charge in [0.25, 0.3) is 0 Å². The fourth-order valence-electron chi connectivity index (χ4n) is 1.87. The Balaban J connectivity index is 2.86. The summed E-state index contributed by atoms with van der Waals surface area (Å²) in [5, 5.41) is 9.03. The van der Waals surface area contributed by atoms with Gasteiger partial charge in [-0.3, -0.25) is 0 Å². The average molecular weight is 223 g/mol. The van der Waals surface area contributed by atoms with Crippen LogP contribution in [0.2, 0.25) is 0 Å². The van der Waals surface area contributed by atoms with E-state index < -0.39 is 0 Å². The summed E-state index contributed by atoms with van der Waals surface area (Å²) in [5.74, 6) is 1.05. The topological polar surface area (TPSA) is 55.5 Å². The van der Waals surface area contributed by atoms with Gasteiger partial charge in [0, 0.05) is 18.6 Å². The largest absolute Gasteiger partial charge is 0.494 e. The molecule has 0 spiro atoms. The molecular weight excluding hydrogens is 202 g/mol. The highest BCUT2D eigenvalue weighted by atomic mass is 16.5. The maximum atomic E-state index is 9.03. The van der Waals surface area contributed by atoms with E-state index in [0.717, 1.165) is 11.3 Å². The van der Waals surface area contributed by atoms with Crippen LogP contribution in [0.1, 0.15) is 31.7 Å². The van der Waals surface area contributed by atoms with Gasteiger partial charge in [-0.05, 0) is 38.0 Å². The second-order valence-electron chi connectivity index (χ2n) is 3.98. The van der Waals surface area contributed by atoms with Gasteiger partial charge in [0.2, 0.25) is 0 Å². The van der Waals surface area contributed by atoms with Crippen LogP contribution in [0.3, 0.4) is 0 Å². The fourth-order valence-corrected chi connectivity index (χ4v) is 1.87. The predicted octanol–water partition coefficient (Wildman–Crippen LogP) is 1.90. The zero-order valence-corrected chi connectivity index (χ0v) is 10.0. The molecule has 16 heavy (non-hydrogen) atoms. The second-order valence-corrected chi connectivity index (χ2v) is 3.98. The van der Waals surface area contributed by atoms with Crippen LogP contribution < -0.4 is 10.5 Å². The van der Waals surface area contributed by atoms with Crippen molar-refractivity contribution in [3.63, 3.8) is 0 Å². The Morgan fingerprint density at radius 1 is 1.44 bits per heavy atom. The van der Waals surface area contributed by atoms with Gasteiger partial charge >= 0.3 is 0 Å². The van der Waals surface area contributed by atoms with Crippen LogP contribution in [0, 0.1) is 0 Å². The predicted molar refractivity (Wildman–Crippen MR) is 65.7 cm³/mol. The molecule has 0 heterocycles. The van der Waals surface area contributed by atoms with Gasteiger partial charge in [0.15, 0.2) is 0 Å². The number of benzene rings is 1. The maximum Gasteiger partial charge on any atom is 0.119 e. The molecule has 3 N–H and O–H groups in total. The summed E-state index contributed by atoms with van der Waals surface area (Å²) in [6.45, 7) is 4.74. The Kier molecular flexibility index (Phi) is 5.29. The Morgan fingerprint density at radius 2 is 2.19 bits per heavy atom. The Bertz CT molecular complexity index is 313. The van der Waals surface area contributed by atoms with Gasteiger partial charge in [0.05, 0.1) is 6.61 Å². The Labute approximate surface area is 97.2 Å². The molecular formula is C13H21NO2. The molecule has 0 aliphatic heterocycles. The molecule has 3 nitrogen and oxygen atoms in total. The Morgan fingerprint density at radius 3 is 2.75 bits per heavy atom. The van der Waals surface area contributed by atoms with Crippen molar-refractivity contribution in [2.24, 2.45) is 5.73 Å². The van der Waals surface area contributed by atoms with E-state index in [0.29, 0.717) is 13.0 Å². The summed E-state index contributed by atoms with van der Waals surface area (Å²) in [4.78, 5) is 0. The van der Waals surface area contributed by atoms with Gasteiger partial charge < -0.3 is 15.6 Å². The molecule has 1 aromatic carbocycles. The summed E-state index contributed by atoms with van der Waals surface area (Å²) >= 11 is 0. The lowest BCUT2D eigenvalue weighted by Crippen LogP contribution is -2.25. The quantitative estimate of drug-likeness (QED) is 0.774. The van der Waals surface area contributed by atoms with Gasteiger partial charge in [-0.15, -0.1) is 0 Å². The summed E-state index contributed by atoms with van der Waals surface area (Å²) in [6.07, 6.45) is 0.688. The van der Waals surface area contributed by atoms with Crippen LogP contribution in [0.15, 0.2) is 24.3 Å². The average Bonchev–Trinajstić information content (AvgIpc) is 2.26. The van der Waals surface area contributed by atoms with Gasteiger partial charge in [0.1, 0.15) is 5.75 Å². The molecule has 2 unspecified atom stereocenters. The standard InChI is InChI=1S/C13H21NO2/c1-3-16-12-6-4-5-11(9-12)13(7-8-15)10(2)14/h4-6,9-10,13,15H,3,7-8,14H2,1-2H3. The molecule has 1 rings (SSSR count). The van der Waals surface area contributed by atoms with E-state index in [1.165, 1.54) is 0 Å². The van der Waals surface area contributed by atoms with E-state index in [1.54, 1.807) is 0 Å². The normalized spacial score (nSPS) is 14.5. The maximum absolute atomic E-state index is 9.03. The monoisotopic (exact) mass is 223 g/mol. The van der Waals surface area contributed by atoms with Gasteiger partial charge in [-0.25, -0.2) is 0 Å². The number of rotatable bonds is 6. The van der Waals surface area contributed by atoms with Crippen molar-refractivity contribution < 1.29 is 9.84 Å².